The minimum atomic E-state index is -3.83. The highest BCUT2D eigenvalue weighted by atomic mass is 32.2. The van der Waals surface area contributed by atoms with E-state index in [2.05, 4.69) is 4.72 Å². The highest BCUT2D eigenvalue weighted by Gasteiger charge is 2.26. The Hall–Kier alpha value is -3.71. The van der Waals surface area contributed by atoms with Crippen molar-refractivity contribution in [2.45, 2.75) is 17.7 Å². The van der Waals surface area contributed by atoms with Gasteiger partial charge < -0.3 is 4.90 Å². The molecule has 1 aliphatic heterocycles. The first-order valence-corrected chi connectivity index (χ1v) is 12.1. The molecule has 0 aliphatic carbocycles. The van der Waals surface area contributed by atoms with Crippen molar-refractivity contribution in [3.8, 4) is 0 Å². The number of hydrogen-bond donors (Lipinski definition) is 1. The summed E-state index contributed by atoms with van der Waals surface area (Å²) < 4.78 is 42.3. The topological polar surface area (TPSA) is 66.5 Å². The fourth-order valence-electron chi connectivity index (χ4n) is 4.22. The molecule has 0 unspecified atom stereocenters. The van der Waals surface area contributed by atoms with Gasteiger partial charge in [-0.1, -0.05) is 36.4 Å². The van der Waals surface area contributed by atoms with E-state index < -0.39 is 15.8 Å². The van der Waals surface area contributed by atoms with Gasteiger partial charge in [0.2, 0.25) is 0 Å². The lowest BCUT2D eigenvalue weighted by atomic mass is 10.0. The smallest absolute Gasteiger partial charge is 0.261 e. The molecule has 0 fully saturated rings. The molecule has 7 heteroatoms. The van der Waals surface area contributed by atoms with Crippen molar-refractivity contribution < 1.29 is 17.6 Å². The summed E-state index contributed by atoms with van der Waals surface area (Å²) in [6.07, 6.45) is 1.38. The molecule has 1 amide bonds. The Morgan fingerprint density at radius 1 is 0.909 bits per heavy atom. The van der Waals surface area contributed by atoms with Crippen LogP contribution >= 0.6 is 0 Å². The molecule has 33 heavy (non-hydrogen) atoms. The molecular weight excluding hydrogens is 439 g/mol. The van der Waals surface area contributed by atoms with Gasteiger partial charge in [0, 0.05) is 23.2 Å². The lowest BCUT2D eigenvalue weighted by Gasteiger charge is -2.30. The zero-order valence-corrected chi connectivity index (χ0v) is 18.5. The average Bonchev–Trinajstić information content (AvgIpc) is 2.83. The van der Waals surface area contributed by atoms with Crippen LogP contribution in [0.1, 0.15) is 22.3 Å². The highest BCUT2D eigenvalue weighted by Crippen LogP contribution is 2.32. The number of aryl methyl sites for hydroxylation is 1. The van der Waals surface area contributed by atoms with Crippen molar-refractivity contribution in [2.75, 3.05) is 16.2 Å². The van der Waals surface area contributed by atoms with Gasteiger partial charge in [-0.05, 0) is 72.3 Å². The Bertz CT molecular complexity index is 1460. The normalized spacial score (nSPS) is 13.5. The van der Waals surface area contributed by atoms with E-state index in [1.807, 2.05) is 36.4 Å². The maximum absolute atomic E-state index is 13.2. The highest BCUT2D eigenvalue weighted by molar-refractivity contribution is 7.92. The van der Waals surface area contributed by atoms with Crippen molar-refractivity contribution in [1.82, 2.24) is 0 Å². The number of amides is 1. The molecule has 0 radical (unpaired) electrons. The molecule has 0 atom stereocenters. The zero-order chi connectivity index (χ0) is 23.0. The van der Waals surface area contributed by atoms with Crippen molar-refractivity contribution in [1.29, 1.82) is 0 Å². The van der Waals surface area contributed by atoms with E-state index >= 15 is 0 Å². The molecule has 1 N–H and O–H groups in total. The Morgan fingerprint density at radius 3 is 2.48 bits per heavy atom. The van der Waals surface area contributed by atoms with Crippen LogP contribution in [0.5, 0.6) is 0 Å². The minimum Gasteiger partial charge on any atom is -0.308 e. The maximum atomic E-state index is 13.2. The third-order valence-corrected chi connectivity index (χ3v) is 7.21. The molecule has 0 saturated carbocycles. The van der Waals surface area contributed by atoms with Crippen molar-refractivity contribution >= 4 is 38.1 Å². The predicted octanol–water partition coefficient (Wildman–Crippen LogP) is 5.37. The van der Waals surface area contributed by atoms with Crippen LogP contribution in [0.3, 0.4) is 0 Å². The van der Waals surface area contributed by atoms with Gasteiger partial charge in [0.15, 0.2) is 0 Å². The largest absolute Gasteiger partial charge is 0.308 e. The predicted molar refractivity (Wildman–Crippen MR) is 128 cm³/mol. The molecule has 0 saturated heterocycles. The van der Waals surface area contributed by atoms with Gasteiger partial charge in [0.05, 0.1) is 10.6 Å². The van der Waals surface area contributed by atoms with E-state index in [0.717, 1.165) is 16.3 Å². The quantitative estimate of drug-likeness (QED) is 0.445. The summed E-state index contributed by atoms with van der Waals surface area (Å²) in [6, 6.07) is 23.3. The molecule has 5 rings (SSSR count). The zero-order valence-electron chi connectivity index (χ0n) is 17.7. The van der Waals surface area contributed by atoms with E-state index in [1.165, 1.54) is 30.3 Å². The van der Waals surface area contributed by atoms with Crippen LogP contribution in [-0.2, 0) is 16.4 Å². The van der Waals surface area contributed by atoms with Crippen molar-refractivity contribution in [2.24, 2.45) is 0 Å². The van der Waals surface area contributed by atoms with Crippen LogP contribution in [0.25, 0.3) is 10.8 Å². The summed E-state index contributed by atoms with van der Waals surface area (Å²) in [5.41, 5.74) is 2.37. The number of carbonyl (C=O) groups excluding carboxylic acids is 1. The number of hydrogen-bond acceptors (Lipinski definition) is 3. The second kappa shape index (κ2) is 8.33. The van der Waals surface area contributed by atoms with E-state index in [0.29, 0.717) is 36.3 Å². The molecule has 1 aliphatic rings. The first-order valence-electron chi connectivity index (χ1n) is 10.6. The van der Waals surface area contributed by atoms with Crippen LogP contribution in [0.2, 0.25) is 0 Å². The average molecular weight is 461 g/mol. The minimum absolute atomic E-state index is 0.144. The third-order valence-electron chi connectivity index (χ3n) is 5.85. The molecule has 4 aromatic rings. The molecular formula is C26H21FN2O3S. The number of nitrogens with one attached hydrogen (secondary N) is 1. The summed E-state index contributed by atoms with van der Waals surface area (Å²) in [4.78, 5) is 14.8. The standard InChI is InChI=1S/C26H21FN2O3S/c27-21-12-10-19(11-13-21)26(30)29-16-4-7-20-17-22(14-15-25(20)29)33(31,32)28-24-9-3-6-18-5-1-2-8-23(18)24/h1-3,5-6,8-15,17,28H,4,7,16H2. The maximum Gasteiger partial charge on any atom is 0.261 e. The number of carbonyl (C=O) groups is 1. The van der Waals surface area contributed by atoms with E-state index in [1.54, 1.807) is 23.1 Å². The Labute approximate surface area is 191 Å². The molecule has 0 spiro atoms. The van der Waals surface area contributed by atoms with E-state index in [9.17, 15) is 17.6 Å². The summed E-state index contributed by atoms with van der Waals surface area (Å²) in [7, 11) is -3.83. The first kappa shape index (κ1) is 21.2. The fraction of sp³-hybridized carbons (Fsp3) is 0.115. The number of sulfonamides is 1. The summed E-state index contributed by atoms with van der Waals surface area (Å²) in [6.45, 7) is 0.517. The number of anilines is 2. The van der Waals surface area contributed by atoms with Crippen LogP contribution in [0.4, 0.5) is 15.8 Å². The van der Waals surface area contributed by atoms with Gasteiger partial charge in [-0.2, -0.15) is 0 Å². The van der Waals surface area contributed by atoms with Gasteiger partial charge in [0.25, 0.3) is 15.9 Å². The van der Waals surface area contributed by atoms with Crippen LogP contribution in [0.15, 0.2) is 89.8 Å². The molecule has 4 aromatic carbocycles. The molecule has 166 valence electrons. The first-order chi connectivity index (χ1) is 15.9. The Balaban J connectivity index is 1.46. The van der Waals surface area contributed by atoms with Gasteiger partial charge >= 0.3 is 0 Å². The van der Waals surface area contributed by atoms with Crippen LogP contribution < -0.4 is 9.62 Å². The molecule has 1 heterocycles. The van der Waals surface area contributed by atoms with Gasteiger partial charge in [-0.25, -0.2) is 12.8 Å². The van der Waals surface area contributed by atoms with Gasteiger partial charge in [-0.3, -0.25) is 9.52 Å². The number of halogens is 1. The number of rotatable bonds is 4. The summed E-state index contributed by atoms with van der Waals surface area (Å²) in [5.74, 6) is -0.639. The van der Waals surface area contributed by atoms with Gasteiger partial charge in [0.1, 0.15) is 5.82 Å². The van der Waals surface area contributed by atoms with E-state index in [4.69, 9.17) is 0 Å². The second-order valence-corrected chi connectivity index (χ2v) is 9.67. The van der Waals surface area contributed by atoms with Crippen molar-refractivity contribution in [3.05, 3.63) is 102 Å². The SMILES string of the molecule is O=C(c1ccc(F)cc1)N1CCCc2cc(S(=O)(=O)Nc3cccc4ccccc34)ccc21. The number of nitrogens with zero attached hydrogens (tertiary/aromatic N) is 1. The molecule has 0 bridgehead atoms. The van der Waals surface area contributed by atoms with E-state index in [-0.39, 0.29) is 10.8 Å². The third kappa shape index (κ3) is 4.07. The molecule has 0 aromatic heterocycles. The van der Waals surface area contributed by atoms with Crippen LogP contribution in [0, 0.1) is 5.82 Å². The van der Waals surface area contributed by atoms with Gasteiger partial charge in [-0.15, -0.1) is 0 Å². The Morgan fingerprint density at radius 2 is 1.67 bits per heavy atom. The van der Waals surface area contributed by atoms with Crippen LogP contribution in [-0.4, -0.2) is 20.9 Å². The second-order valence-electron chi connectivity index (χ2n) is 7.99. The summed E-state index contributed by atoms with van der Waals surface area (Å²) in [5, 5.41) is 1.76. The van der Waals surface area contributed by atoms with Crippen molar-refractivity contribution in [3.63, 3.8) is 0 Å². The lowest BCUT2D eigenvalue weighted by Crippen LogP contribution is -2.35. The lowest BCUT2D eigenvalue weighted by molar-refractivity contribution is 0.0985. The number of benzene rings is 4. The number of fused-ring (bicyclic) bond motifs is 2. The monoisotopic (exact) mass is 460 g/mol. The fourth-order valence-corrected chi connectivity index (χ4v) is 5.35. The Kier molecular flexibility index (Phi) is 5.34. The molecule has 5 nitrogen and oxygen atoms in total. The summed E-state index contributed by atoms with van der Waals surface area (Å²) >= 11 is 0.